The third-order valence-electron chi connectivity index (χ3n) is 8.28. The maximum absolute atomic E-state index is 5.33. The van der Waals surface area contributed by atoms with Gasteiger partial charge in [-0.05, 0) is 104 Å². The number of unbranched alkanes of at least 4 members (excludes halogenated alkanes) is 11. The number of hydrogen-bond donors (Lipinski definition) is 0. The molecular formula is C40H62N2Ni. The molecule has 3 heteroatoms. The third-order valence-corrected chi connectivity index (χ3v) is 8.28. The largest absolute Gasteiger partial charge is 0.251 e. The first-order valence-electron chi connectivity index (χ1n) is 17.6. The molecule has 2 nitrogen and oxygen atoms in total. The van der Waals surface area contributed by atoms with Gasteiger partial charge in [-0.15, -0.1) is 0 Å². The number of allylic oxidation sites excluding steroid dienone is 2. The number of rotatable bonds is 22. The van der Waals surface area contributed by atoms with Gasteiger partial charge in [0.25, 0.3) is 0 Å². The maximum atomic E-state index is 5.33. The zero-order chi connectivity index (χ0) is 30.4. The molecular weight excluding hydrogens is 567 g/mol. The molecule has 43 heavy (non-hydrogen) atoms. The monoisotopic (exact) mass is 628 g/mol. The predicted molar refractivity (Wildman–Crippen MR) is 190 cm³/mol. The van der Waals surface area contributed by atoms with E-state index >= 15 is 0 Å². The van der Waals surface area contributed by atoms with Crippen molar-refractivity contribution in [2.24, 2.45) is 9.98 Å². The average molecular weight is 630 g/mol. The summed E-state index contributed by atoms with van der Waals surface area (Å²) in [5, 5.41) is 0. The molecule has 2 aromatic rings. The van der Waals surface area contributed by atoms with E-state index in [1.165, 1.54) is 92.9 Å². The molecule has 0 atom stereocenters. The number of benzene rings is 2. The van der Waals surface area contributed by atoms with Crippen LogP contribution in [0, 0.1) is 0 Å². The first kappa shape index (κ1) is 39.0. The molecule has 0 heterocycles. The molecule has 0 aliphatic rings. The van der Waals surface area contributed by atoms with Crippen LogP contribution in [0.25, 0.3) is 0 Å². The van der Waals surface area contributed by atoms with Crippen LogP contribution in [-0.2, 0) is 42.2 Å². The summed E-state index contributed by atoms with van der Waals surface area (Å²) < 4.78 is 0. The standard InChI is InChI=1S/C40H62N2.Ni/c1-7-13-15-16-17-18-19-20-21-22-24-26-40(42-38-31-35(11-5)28-36(12-6)32-38)39(25-23-14-8-2)41-37-29-33(9-3)27-34(10-4)30-37;/h24,26-32H,7-23,25H2,1-6H3;. The smallest absolute Gasteiger partial charge is 0.0848 e. The van der Waals surface area contributed by atoms with Crippen molar-refractivity contribution in [2.75, 3.05) is 0 Å². The van der Waals surface area contributed by atoms with Crippen LogP contribution in [0.2, 0.25) is 0 Å². The van der Waals surface area contributed by atoms with E-state index in [9.17, 15) is 0 Å². The van der Waals surface area contributed by atoms with Crippen molar-refractivity contribution >= 4 is 22.8 Å². The minimum Gasteiger partial charge on any atom is -0.251 e. The summed E-state index contributed by atoms with van der Waals surface area (Å²) in [5.74, 6) is 0. The Morgan fingerprint density at radius 1 is 0.512 bits per heavy atom. The molecule has 2 rings (SSSR count). The molecule has 0 amide bonds. The van der Waals surface area contributed by atoms with E-state index in [0.29, 0.717) is 0 Å². The van der Waals surface area contributed by atoms with Gasteiger partial charge in [0.05, 0.1) is 22.8 Å². The van der Waals surface area contributed by atoms with Crippen LogP contribution in [-0.4, -0.2) is 11.4 Å². The van der Waals surface area contributed by atoms with Crippen molar-refractivity contribution in [2.45, 2.75) is 157 Å². The zero-order valence-corrected chi connectivity index (χ0v) is 29.5. The van der Waals surface area contributed by atoms with E-state index in [-0.39, 0.29) is 16.5 Å². The van der Waals surface area contributed by atoms with Gasteiger partial charge >= 0.3 is 0 Å². The Hall–Kier alpha value is -1.99. The Kier molecular flexibility index (Phi) is 22.1. The van der Waals surface area contributed by atoms with Crippen molar-refractivity contribution in [1.82, 2.24) is 0 Å². The molecule has 0 fully saturated rings. The van der Waals surface area contributed by atoms with Gasteiger partial charge in [-0.2, -0.15) is 0 Å². The van der Waals surface area contributed by atoms with E-state index < -0.39 is 0 Å². The van der Waals surface area contributed by atoms with E-state index in [0.717, 1.165) is 67.7 Å². The summed E-state index contributed by atoms with van der Waals surface area (Å²) in [6, 6.07) is 13.7. The summed E-state index contributed by atoms with van der Waals surface area (Å²) in [6.07, 6.45) is 26.7. The van der Waals surface area contributed by atoms with Gasteiger partial charge in [0.15, 0.2) is 0 Å². The first-order chi connectivity index (χ1) is 20.6. The van der Waals surface area contributed by atoms with Crippen molar-refractivity contribution in [1.29, 1.82) is 0 Å². The SMILES string of the molecule is CCCCCCCCCCCC=CC(=Nc1cc(CC)cc(CC)c1)C(CCCCC)=Nc1cc(CC)cc(CC)c1.[Ni]. The van der Waals surface area contributed by atoms with E-state index in [2.05, 4.69) is 90.1 Å². The third kappa shape index (κ3) is 16.1. The van der Waals surface area contributed by atoms with Crippen LogP contribution in [0.1, 0.15) is 154 Å². The summed E-state index contributed by atoms with van der Waals surface area (Å²) in [5.41, 5.74) is 9.76. The Bertz CT molecular complexity index is 1070. The topological polar surface area (TPSA) is 24.7 Å². The van der Waals surface area contributed by atoms with Gasteiger partial charge in [0.1, 0.15) is 0 Å². The molecule has 0 aliphatic carbocycles. The minimum absolute atomic E-state index is 0. The second-order valence-corrected chi connectivity index (χ2v) is 12.0. The molecule has 0 aliphatic heterocycles. The van der Waals surface area contributed by atoms with Crippen LogP contribution in [0.5, 0.6) is 0 Å². The average Bonchev–Trinajstić information content (AvgIpc) is 3.02. The summed E-state index contributed by atoms with van der Waals surface area (Å²) in [4.78, 5) is 10.7. The Labute approximate surface area is 276 Å². The normalized spacial score (nSPS) is 12.2. The maximum Gasteiger partial charge on any atom is 0.0848 e. The van der Waals surface area contributed by atoms with Crippen molar-refractivity contribution in [3.63, 3.8) is 0 Å². The van der Waals surface area contributed by atoms with Gasteiger partial charge in [-0.25, -0.2) is 4.99 Å². The number of aryl methyl sites for hydroxylation is 4. The van der Waals surface area contributed by atoms with Crippen LogP contribution in [0.15, 0.2) is 58.5 Å². The summed E-state index contributed by atoms with van der Waals surface area (Å²) in [6.45, 7) is 13.5. The number of hydrogen-bond acceptors (Lipinski definition) is 2. The molecule has 2 aromatic carbocycles. The quantitative estimate of drug-likeness (QED) is 0.0703. The Morgan fingerprint density at radius 2 is 0.930 bits per heavy atom. The van der Waals surface area contributed by atoms with E-state index in [4.69, 9.17) is 9.98 Å². The molecule has 0 saturated heterocycles. The van der Waals surface area contributed by atoms with Gasteiger partial charge in [0.2, 0.25) is 0 Å². The molecule has 0 radical (unpaired) electrons. The summed E-state index contributed by atoms with van der Waals surface area (Å²) in [7, 11) is 0. The Morgan fingerprint density at radius 3 is 1.40 bits per heavy atom. The van der Waals surface area contributed by atoms with Crippen LogP contribution in [0.3, 0.4) is 0 Å². The fourth-order valence-corrected chi connectivity index (χ4v) is 5.48. The van der Waals surface area contributed by atoms with Crippen LogP contribution in [0.4, 0.5) is 11.4 Å². The molecule has 0 unspecified atom stereocenters. The molecule has 0 bridgehead atoms. The second-order valence-electron chi connectivity index (χ2n) is 12.0. The predicted octanol–water partition coefficient (Wildman–Crippen LogP) is 12.8. The fraction of sp³-hybridized carbons (Fsp3) is 0.600. The molecule has 0 N–H and O–H groups in total. The van der Waals surface area contributed by atoms with Gasteiger partial charge in [0, 0.05) is 16.5 Å². The Balaban J connectivity index is 0.00000924. The first-order valence-corrected chi connectivity index (χ1v) is 17.6. The van der Waals surface area contributed by atoms with Crippen molar-refractivity contribution in [3.8, 4) is 0 Å². The van der Waals surface area contributed by atoms with Crippen LogP contribution >= 0.6 is 0 Å². The molecule has 0 saturated carbocycles. The van der Waals surface area contributed by atoms with Crippen molar-refractivity contribution in [3.05, 3.63) is 70.8 Å². The van der Waals surface area contributed by atoms with E-state index in [1.807, 2.05) is 0 Å². The summed E-state index contributed by atoms with van der Waals surface area (Å²) >= 11 is 0. The molecule has 0 aromatic heterocycles. The number of nitrogens with zero attached hydrogens (tertiary/aromatic N) is 2. The number of aliphatic imine (C=N–C) groups is 2. The van der Waals surface area contributed by atoms with E-state index in [1.54, 1.807) is 0 Å². The molecule has 242 valence electrons. The minimum atomic E-state index is 0. The molecule has 0 spiro atoms. The van der Waals surface area contributed by atoms with Crippen LogP contribution < -0.4 is 0 Å². The fourth-order valence-electron chi connectivity index (χ4n) is 5.48. The van der Waals surface area contributed by atoms with Gasteiger partial charge in [-0.3, -0.25) is 4.99 Å². The van der Waals surface area contributed by atoms with Gasteiger partial charge in [-0.1, -0.05) is 124 Å². The zero-order valence-electron chi connectivity index (χ0n) is 28.6. The van der Waals surface area contributed by atoms with Crippen molar-refractivity contribution < 1.29 is 16.5 Å². The van der Waals surface area contributed by atoms with Gasteiger partial charge < -0.3 is 0 Å². The second kappa shape index (κ2) is 24.3.